The molecule has 10 nitrogen and oxygen atoms in total. The van der Waals surface area contributed by atoms with Crippen molar-refractivity contribution in [1.82, 2.24) is 9.80 Å². The van der Waals surface area contributed by atoms with Crippen LogP contribution in [0.5, 0.6) is 5.75 Å². The fourth-order valence-corrected chi connectivity index (χ4v) is 6.92. The molecule has 1 aromatic carbocycles. The number of likely N-dealkylation sites (N-methyl/N-ethyl adjacent to an activating group) is 1. The van der Waals surface area contributed by atoms with E-state index in [4.69, 9.17) is 5.73 Å². The molecule has 1 fully saturated rings. The van der Waals surface area contributed by atoms with Gasteiger partial charge in [-0.3, -0.25) is 14.4 Å². The number of nitrogens with two attached hydrogens (primary N) is 1. The third-order valence-corrected chi connectivity index (χ3v) is 8.87. The summed E-state index contributed by atoms with van der Waals surface area (Å²) >= 11 is 0. The molecule has 0 radical (unpaired) electrons. The number of benzene rings is 1. The highest BCUT2D eigenvalue weighted by molar-refractivity contribution is 6.24. The van der Waals surface area contributed by atoms with Crippen molar-refractivity contribution in [2.24, 2.45) is 17.6 Å². The largest absolute Gasteiger partial charge is 0.511 e. The number of ketones is 2. The molecule has 0 aromatic heterocycles. The van der Waals surface area contributed by atoms with E-state index in [1.807, 2.05) is 0 Å². The molecule has 0 saturated carbocycles. The van der Waals surface area contributed by atoms with Gasteiger partial charge in [0.2, 0.25) is 5.78 Å². The van der Waals surface area contributed by atoms with Crippen molar-refractivity contribution in [1.29, 1.82) is 0 Å². The highest BCUT2D eigenvalue weighted by Crippen LogP contribution is 2.53. The van der Waals surface area contributed by atoms with Crippen LogP contribution in [0.15, 0.2) is 28.7 Å². The third-order valence-electron chi connectivity index (χ3n) is 8.87. The molecule has 1 unspecified atom stereocenters. The van der Waals surface area contributed by atoms with Gasteiger partial charge in [-0.25, -0.2) is 0 Å². The number of nitrogens with zero attached hydrogens (tertiary/aromatic N) is 2. The summed E-state index contributed by atoms with van der Waals surface area (Å²) in [4.78, 5) is 42.3. The van der Waals surface area contributed by atoms with Gasteiger partial charge in [-0.1, -0.05) is 0 Å². The number of aromatic hydroxyl groups is 1. The van der Waals surface area contributed by atoms with E-state index in [-0.39, 0.29) is 18.5 Å². The Morgan fingerprint density at radius 1 is 1.17 bits per heavy atom. The number of likely N-dealkylation sites (tertiary alicyclic amines) is 1. The van der Waals surface area contributed by atoms with E-state index in [1.165, 1.54) is 0 Å². The van der Waals surface area contributed by atoms with Crippen LogP contribution in [0.4, 0.5) is 13.2 Å². The zero-order chi connectivity index (χ0) is 30.0. The molecule has 3 aliphatic carbocycles. The van der Waals surface area contributed by atoms with Crippen molar-refractivity contribution >= 4 is 17.5 Å². The number of carbonyl (C=O) groups excluding carboxylic acids is 3. The average molecular weight is 580 g/mol. The smallest absolute Gasteiger partial charge is 0.417 e. The maximum atomic E-state index is 14.6. The zero-order valence-electron chi connectivity index (χ0n) is 22.4. The molecule has 1 aliphatic heterocycles. The summed E-state index contributed by atoms with van der Waals surface area (Å²) in [5.41, 5.74) is -1.34. The van der Waals surface area contributed by atoms with Gasteiger partial charge in [0.1, 0.15) is 22.8 Å². The van der Waals surface area contributed by atoms with Crippen LogP contribution in [0, 0.1) is 11.8 Å². The molecule has 6 N–H and O–H groups in total. The minimum Gasteiger partial charge on any atom is -0.511 e. The Kier molecular flexibility index (Phi) is 7.19. The van der Waals surface area contributed by atoms with Crippen LogP contribution >= 0.6 is 0 Å². The van der Waals surface area contributed by atoms with Gasteiger partial charge in [0.15, 0.2) is 11.4 Å². The number of hydrogen-bond acceptors (Lipinski definition) is 9. The van der Waals surface area contributed by atoms with Gasteiger partial charge in [-0.15, -0.1) is 0 Å². The first-order valence-corrected chi connectivity index (χ1v) is 13.5. The van der Waals surface area contributed by atoms with E-state index in [0.717, 1.165) is 32.0 Å². The number of phenolic OH excluding ortho intramolecular Hbond substituents is 1. The number of alkyl halides is 3. The highest BCUT2D eigenvalue weighted by atomic mass is 19.4. The predicted octanol–water partition coefficient (Wildman–Crippen LogP) is 2.13. The first-order valence-electron chi connectivity index (χ1n) is 13.5. The lowest BCUT2D eigenvalue weighted by Gasteiger charge is -2.45. The minimum absolute atomic E-state index is 0.137. The number of halogens is 3. The Morgan fingerprint density at radius 3 is 2.44 bits per heavy atom. The lowest BCUT2D eigenvalue weighted by molar-refractivity contribution is -0.144. The fourth-order valence-electron chi connectivity index (χ4n) is 6.92. The molecule has 1 aromatic rings. The zero-order valence-corrected chi connectivity index (χ0v) is 22.4. The summed E-state index contributed by atoms with van der Waals surface area (Å²) in [6.45, 7) is 2.92. The first kappa shape index (κ1) is 29.1. The number of carbonyl (C=O) groups is 3. The predicted molar refractivity (Wildman–Crippen MR) is 138 cm³/mol. The van der Waals surface area contributed by atoms with E-state index >= 15 is 0 Å². The van der Waals surface area contributed by atoms with Crippen LogP contribution in [-0.4, -0.2) is 86.5 Å². The Bertz CT molecular complexity index is 1400. The van der Waals surface area contributed by atoms with Gasteiger partial charge in [-0.05, 0) is 68.9 Å². The summed E-state index contributed by atoms with van der Waals surface area (Å²) in [6.07, 6.45) is -3.84. The van der Waals surface area contributed by atoms with E-state index in [2.05, 4.69) is 4.90 Å². The molecule has 1 heterocycles. The van der Waals surface area contributed by atoms with E-state index in [0.29, 0.717) is 13.1 Å². The molecule has 1 saturated heterocycles. The van der Waals surface area contributed by atoms with Gasteiger partial charge in [0.25, 0.3) is 5.91 Å². The number of rotatable bonds is 6. The monoisotopic (exact) mass is 579 g/mol. The van der Waals surface area contributed by atoms with Crippen molar-refractivity contribution in [3.05, 3.63) is 51.0 Å². The third kappa shape index (κ3) is 4.69. The van der Waals surface area contributed by atoms with E-state index in [1.54, 1.807) is 11.9 Å². The summed E-state index contributed by atoms with van der Waals surface area (Å²) in [5, 5.41) is 43.5. The number of Topliss-reactive ketones (excluding diaryl/α,β-unsaturated/α-hetero) is 2. The number of fused-ring (bicyclic) bond motifs is 3. The van der Waals surface area contributed by atoms with Crippen LogP contribution in [0.1, 0.15) is 52.7 Å². The first-order chi connectivity index (χ1) is 19.2. The lowest BCUT2D eigenvalue weighted by Crippen LogP contribution is -2.57. The number of hydrogen-bond donors (Lipinski definition) is 5. The highest BCUT2D eigenvalue weighted by Gasteiger charge is 2.60. The van der Waals surface area contributed by atoms with Crippen molar-refractivity contribution in [3.8, 4) is 5.75 Å². The van der Waals surface area contributed by atoms with Crippen LogP contribution in [0.3, 0.4) is 0 Å². The normalized spacial score (nSPS) is 26.9. The summed E-state index contributed by atoms with van der Waals surface area (Å²) in [5.74, 6) is -8.70. The Balaban J connectivity index is 1.55. The number of phenols is 1. The summed E-state index contributed by atoms with van der Waals surface area (Å²) < 4.78 is 43.7. The summed E-state index contributed by atoms with van der Waals surface area (Å²) in [7, 11) is 1.68. The van der Waals surface area contributed by atoms with Gasteiger partial charge in [0.05, 0.1) is 11.1 Å². The van der Waals surface area contributed by atoms with Crippen molar-refractivity contribution in [2.75, 3.05) is 33.2 Å². The molecule has 13 heteroatoms. The van der Waals surface area contributed by atoms with Crippen molar-refractivity contribution < 1.29 is 48.0 Å². The topological polar surface area (TPSA) is 165 Å². The Morgan fingerprint density at radius 2 is 1.83 bits per heavy atom. The van der Waals surface area contributed by atoms with Gasteiger partial charge in [0, 0.05) is 37.5 Å². The van der Waals surface area contributed by atoms with Crippen LogP contribution in [0.2, 0.25) is 0 Å². The number of aliphatic hydroxyl groups is 3. The van der Waals surface area contributed by atoms with E-state index < -0.39 is 99.0 Å². The van der Waals surface area contributed by atoms with E-state index in [9.17, 15) is 48.0 Å². The molecule has 41 heavy (non-hydrogen) atoms. The number of amides is 1. The molecule has 1 amide bonds. The second-order valence-electron chi connectivity index (χ2n) is 11.5. The molecule has 5 rings (SSSR count). The maximum Gasteiger partial charge on any atom is 0.417 e. The molecular formula is C28H32F3N3O7. The van der Waals surface area contributed by atoms with Crippen molar-refractivity contribution in [2.45, 2.75) is 50.4 Å². The lowest BCUT2D eigenvalue weighted by atomic mass is 9.60. The standard InChI is InChI=1S/C28H32F3N3O7/c1-33(6-7-34-4-2-3-5-34)12-14-10-17(35)20-16(22(14)28(29,30)31)9-13-8-15-11-18(36)21(26(32)40)25(39)27(15,41)24(38)19(13)23(20)37/h10,13,15,35-36,38,41H,2-9,11-12H2,1H3,(H2,32,40)/t13?,15-,27-/m0/s1. The minimum atomic E-state index is -4.87. The number of aliphatic hydroxyl groups excluding tert-OH is 2. The molecule has 3 atom stereocenters. The van der Waals surface area contributed by atoms with Gasteiger partial charge < -0.3 is 36.0 Å². The van der Waals surface area contributed by atoms with Crippen molar-refractivity contribution in [3.63, 3.8) is 0 Å². The number of allylic oxidation sites excluding steroid dienone is 2. The molecule has 0 bridgehead atoms. The maximum absolute atomic E-state index is 14.6. The summed E-state index contributed by atoms with van der Waals surface area (Å²) in [6, 6.07) is 0.905. The van der Waals surface area contributed by atoms with Crippen LogP contribution in [0.25, 0.3) is 0 Å². The van der Waals surface area contributed by atoms with Crippen LogP contribution in [-0.2, 0) is 28.7 Å². The van der Waals surface area contributed by atoms with Gasteiger partial charge in [-0.2, -0.15) is 13.2 Å². The quantitative estimate of drug-likeness (QED) is 0.318. The Labute approximate surface area is 233 Å². The average Bonchev–Trinajstić information content (AvgIpc) is 3.37. The molecule has 0 spiro atoms. The van der Waals surface area contributed by atoms with Gasteiger partial charge >= 0.3 is 6.18 Å². The second kappa shape index (κ2) is 10.1. The fraction of sp³-hybridized carbons (Fsp3) is 0.536. The molecule has 4 aliphatic rings. The molecule has 222 valence electrons. The van der Waals surface area contributed by atoms with Crippen LogP contribution < -0.4 is 5.73 Å². The second-order valence-corrected chi connectivity index (χ2v) is 11.5. The number of primary amides is 1. The molecular weight excluding hydrogens is 547 g/mol. The SMILES string of the molecule is CN(CCN1CCCC1)Cc1cc(O)c2c(c1C(F)(F)F)CC1C[C@H]3CC(O)=C(C(N)=O)C(=O)[C@@]3(O)C(O)=C1C2=O. The Hall–Kier alpha value is -3.42.